The van der Waals surface area contributed by atoms with Gasteiger partial charge in [0.25, 0.3) is 0 Å². The summed E-state index contributed by atoms with van der Waals surface area (Å²) in [5.41, 5.74) is 0.697. The van der Waals surface area contributed by atoms with Gasteiger partial charge in [-0.05, 0) is 37.1 Å². The van der Waals surface area contributed by atoms with Gasteiger partial charge in [-0.15, -0.1) is 0 Å². The van der Waals surface area contributed by atoms with Crippen molar-refractivity contribution in [3.8, 4) is 0 Å². The number of hydrogen-bond acceptors (Lipinski definition) is 4. The maximum atomic E-state index is 13.8. The van der Waals surface area contributed by atoms with E-state index in [1.54, 1.807) is 25.1 Å². The van der Waals surface area contributed by atoms with Gasteiger partial charge in [-0.2, -0.15) is 0 Å². The third kappa shape index (κ3) is 3.02. The second-order valence-corrected chi connectivity index (χ2v) is 7.48. The van der Waals surface area contributed by atoms with E-state index >= 15 is 0 Å². The summed E-state index contributed by atoms with van der Waals surface area (Å²) in [6, 6.07) is 4.38. The van der Waals surface area contributed by atoms with Crippen LogP contribution in [0.1, 0.15) is 18.4 Å². The summed E-state index contributed by atoms with van der Waals surface area (Å²) in [6.07, 6.45) is 4.03. The maximum Gasteiger partial charge on any atom is 0.239 e. The lowest BCUT2D eigenvalue weighted by molar-refractivity contribution is -0.124. The average Bonchev–Trinajstić information content (AvgIpc) is 2.91. The van der Waals surface area contributed by atoms with E-state index in [1.165, 1.54) is 12.1 Å². The average molecular weight is 327 g/mol. The van der Waals surface area contributed by atoms with Crippen molar-refractivity contribution in [2.24, 2.45) is 0 Å². The lowest BCUT2D eigenvalue weighted by atomic mass is 10.0. The Morgan fingerprint density at radius 1 is 1.32 bits per heavy atom. The van der Waals surface area contributed by atoms with Crippen LogP contribution in [0.5, 0.6) is 0 Å². The molecule has 0 saturated carbocycles. The monoisotopic (exact) mass is 327 g/mol. The van der Waals surface area contributed by atoms with Gasteiger partial charge in [0.1, 0.15) is 5.82 Å². The second kappa shape index (κ2) is 5.64. The van der Waals surface area contributed by atoms with E-state index < -0.39 is 26.9 Å². The Bertz CT molecular complexity index is 695. The first-order chi connectivity index (χ1) is 10.4. The van der Waals surface area contributed by atoms with Crippen molar-refractivity contribution in [2.75, 3.05) is 17.9 Å². The first kappa shape index (κ1) is 15.5. The molecule has 1 heterocycles. The van der Waals surface area contributed by atoms with Crippen molar-refractivity contribution in [3.63, 3.8) is 0 Å². The highest BCUT2D eigenvalue weighted by molar-refractivity contribution is 7.93. The van der Waals surface area contributed by atoms with Gasteiger partial charge in [0, 0.05) is 6.42 Å². The van der Waals surface area contributed by atoms with E-state index in [9.17, 15) is 12.8 Å². The quantitative estimate of drug-likeness (QED) is 0.866. The summed E-state index contributed by atoms with van der Waals surface area (Å²) < 4.78 is 51.9. The number of rotatable bonds is 3. The lowest BCUT2D eigenvalue weighted by Gasteiger charge is -2.30. The number of nitrogens with one attached hydrogen (secondary N) is 1. The molecule has 120 valence electrons. The molecule has 3 rings (SSSR count). The van der Waals surface area contributed by atoms with Crippen LogP contribution in [0, 0.1) is 12.7 Å². The van der Waals surface area contributed by atoms with E-state index in [4.69, 9.17) is 9.47 Å². The van der Waals surface area contributed by atoms with Crippen molar-refractivity contribution in [3.05, 3.63) is 41.7 Å². The van der Waals surface area contributed by atoms with E-state index in [0.29, 0.717) is 26.1 Å². The smallest absolute Gasteiger partial charge is 0.239 e. The van der Waals surface area contributed by atoms with Crippen LogP contribution >= 0.6 is 0 Å². The van der Waals surface area contributed by atoms with Gasteiger partial charge in [-0.1, -0.05) is 12.1 Å². The fraction of sp³-hybridized carbons (Fsp3) is 0.467. The molecule has 1 N–H and O–H groups in total. The van der Waals surface area contributed by atoms with Gasteiger partial charge in [0.15, 0.2) is 5.79 Å². The fourth-order valence-electron chi connectivity index (χ4n) is 2.68. The van der Waals surface area contributed by atoms with E-state index in [-0.39, 0.29) is 5.69 Å². The molecule has 1 aromatic rings. The molecule has 1 aliphatic carbocycles. The minimum absolute atomic E-state index is 0.0346. The molecule has 0 amide bonds. The van der Waals surface area contributed by atoms with E-state index in [2.05, 4.69) is 4.72 Å². The Morgan fingerprint density at radius 2 is 2.05 bits per heavy atom. The Balaban J connectivity index is 1.76. The van der Waals surface area contributed by atoms with Crippen molar-refractivity contribution in [1.82, 2.24) is 0 Å². The molecule has 1 aromatic carbocycles. The molecule has 22 heavy (non-hydrogen) atoms. The number of aryl methyl sites for hydroxylation is 1. The zero-order valence-electron chi connectivity index (χ0n) is 12.2. The molecule has 0 aromatic heterocycles. The fourth-order valence-corrected chi connectivity index (χ4v) is 4.02. The van der Waals surface area contributed by atoms with Gasteiger partial charge in [-0.25, -0.2) is 12.8 Å². The standard InChI is InChI=1S/C15H18FNO4S/c1-11-2-3-14(13(16)10-11)17-22(18,19)12-4-6-15(7-5-12)20-8-9-21-15/h2-4,6,10,12,17H,5,7-9H2,1H3. The molecule has 0 radical (unpaired) electrons. The highest BCUT2D eigenvalue weighted by Crippen LogP contribution is 2.33. The third-order valence-electron chi connectivity index (χ3n) is 3.89. The number of benzene rings is 1. The van der Waals surface area contributed by atoms with Crippen LogP contribution in [0.3, 0.4) is 0 Å². The number of anilines is 1. The van der Waals surface area contributed by atoms with Crippen molar-refractivity contribution >= 4 is 15.7 Å². The summed E-state index contributed by atoms with van der Waals surface area (Å²) in [4.78, 5) is 0. The normalized spacial score (nSPS) is 23.8. The Morgan fingerprint density at radius 3 is 2.64 bits per heavy atom. The maximum absolute atomic E-state index is 13.8. The molecule has 1 spiro atoms. The molecule has 7 heteroatoms. The zero-order valence-corrected chi connectivity index (χ0v) is 13.0. The molecule has 1 unspecified atom stereocenters. The molecule has 2 aliphatic rings. The molecule has 5 nitrogen and oxygen atoms in total. The lowest BCUT2D eigenvalue weighted by Crippen LogP contribution is -2.37. The van der Waals surface area contributed by atoms with Crippen LogP contribution < -0.4 is 4.72 Å². The first-order valence-electron chi connectivity index (χ1n) is 7.15. The number of hydrogen-bond donors (Lipinski definition) is 1. The highest BCUT2D eigenvalue weighted by atomic mass is 32.2. The third-order valence-corrected chi connectivity index (χ3v) is 5.59. The molecule has 1 saturated heterocycles. The van der Waals surface area contributed by atoms with E-state index in [0.717, 1.165) is 5.56 Å². The molecular formula is C15H18FNO4S. The number of halogens is 1. The van der Waals surface area contributed by atoms with Crippen molar-refractivity contribution < 1.29 is 22.3 Å². The van der Waals surface area contributed by atoms with Crippen LogP contribution in [0.25, 0.3) is 0 Å². The van der Waals surface area contributed by atoms with Crippen LogP contribution in [0.4, 0.5) is 10.1 Å². The first-order valence-corrected chi connectivity index (χ1v) is 8.70. The SMILES string of the molecule is Cc1ccc(NS(=O)(=O)C2C=CC3(CC2)OCCO3)c(F)c1. The Hall–Kier alpha value is -1.44. The summed E-state index contributed by atoms with van der Waals surface area (Å²) in [5.74, 6) is -1.36. The van der Waals surface area contributed by atoms with Gasteiger partial charge in [0.05, 0.1) is 24.2 Å². The predicted molar refractivity (Wildman–Crippen MR) is 80.5 cm³/mol. The van der Waals surface area contributed by atoms with Crippen molar-refractivity contribution in [1.29, 1.82) is 0 Å². The van der Waals surface area contributed by atoms with Crippen LogP contribution in [0.2, 0.25) is 0 Å². The highest BCUT2D eigenvalue weighted by Gasteiger charge is 2.39. The summed E-state index contributed by atoms with van der Waals surface area (Å²) in [6.45, 7) is 2.76. The minimum atomic E-state index is -3.71. The van der Waals surface area contributed by atoms with Crippen molar-refractivity contribution in [2.45, 2.75) is 30.8 Å². The minimum Gasteiger partial charge on any atom is -0.344 e. The molecular weight excluding hydrogens is 309 g/mol. The molecule has 1 fully saturated rings. The number of ether oxygens (including phenoxy) is 2. The van der Waals surface area contributed by atoms with Gasteiger partial charge in [0.2, 0.25) is 10.0 Å². The zero-order chi connectivity index (χ0) is 15.8. The van der Waals surface area contributed by atoms with E-state index in [1.807, 2.05) is 0 Å². The number of sulfonamides is 1. The van der Waals surface area contributed by atoms with Crippen LogP contribution in [-0.2, 0) is 19.5 Å². The largest absolute Gasteiger partial charge is 0.344 e. The van der Waals surface area contributed by atoms with Gasteiger partial charge >= 0.3 is 0 Å². The Labute approximate surface area is 129 Å². The van der Waals surface area contributed by atoms with Crippen LogP contribution in [-0.4, -0.2) is 32.7 Å². The van der Waals surface area contributed by atoms with Gasteiger partial charge < -0.3 is 9.47 Å². The summed E-state index contributed by atoms with van der Waals surface area (Å²) >= 11 is 0. The summed E-state index contributed by atoms with van der Waals surface area (Å²) in [7, 11) is -3.71. The molecule has 0 bridgehead atoms. The second-order valence-electron chi connectivity index (χ2n) is 5.58. The molecule has 1 atom stereocenters. The van der Waals surface area contributed by atoms with Crippen LogP contribution in [0.15, 0.2) is 30.4 Å². The predicted octanol–water partition coefficient (Wildman–Crippen LogP) is 2.34. The Kier molecular flexibility index (Phi) is 3.96. The summed E-state index contributed by atoms with van der Waals surface area (Å²) in [5, 5.41) is -0.730. The topological polar surface area (TPSA) is 64.6 Å². The molecule has 1 aliphatic heterocycles. The van der Waals surface area contributed by atoms with Gasteiger partial charge in [-0.3, -0.25) is 4.72 Å².